The minimum atomic E-state index is 0.0339. The van der Waals surface area contributed by atoms with Crippen molar-refractivity contribution in [1.82, 2.24) is 5.32 Å². The first-order valence-electron chi connectivity index (χ1n) is 5.02. The third kappa shape index (κ3) is 3.91. The maximum atomic E-state index is 8.65. The second-order valence-electron chi connectivity index (χ2n) is 3.72. The van der Waals surface area contributed by atoms with Gasteiger partial charge in [-0.2, -0.15) is 5.26 Å². The van der Waals surface area contributed by atoms with Crippen molar-refractivity contribution in [2.45, 2.75) is 19.9 Å². The summed E-state index contributed by atoms with van der Waals surface area (Å²) in [6.45, 7) is 4.66. The van der Waals surface area contributed by atoms with Gasteiger partial charge in [0, 0.05) is 17.6 Å². The SMILES string of the molecule is CC(C#N)CN[C@@H](C)c1cccc(Cl)c1. The molecule has 2 atom stereocenters. The Balaban J connectivity index is 2.54. The van der Waals surface area contributed by atoms with Crippen LogP contribution < -0.4 is 5.32 Å². The van der Waals surface area contributed by atoms with Gasteiger partial charge in [0.2, 0.25) is 0 Å². The van der Waals surface area contributed by atoms with Crippen molar-refractivity contribution < 1.29 is 0 Å². The highest BCUT2D eigenvalue weighted by Crippen LogP contribution is 2.17. The fourth-order valence-corrected chi connectivity index (χ4v) is 1.49. The highest BCUT2D eigenvalue weighted by Gasteiger charge is 2.06. The van der Waals surface area contributed by atoms with Crippen molar-refractivity contribution in [1.29, 1.82) is 5.26 Å². The molecule has 15 heavy (non-hydrogen) atoms. The Hall–Kier alpha value is -1.04. The lowest BCUT2D eigenvalue weighted by molar-refractivity contribution is 0.528. The summed E-state index contributed by atoms with van der Waals surface area (Å²) >= 11 is 5.90. The molecule has 0 fully saturated rings. The van der Waals surface area contributed by atoms with Crippen molar-refractivity contribution in [2.75, 3.05) is 6.54 Å². The van der Waals surface area contributed by atoms with Gasteiger partial charge in [-0.05, 0) is 31.5 Å². The van der Waals surface area contributed by atoms with Gasteiger partial charge < -0.3 is 5.32 Å². The minimum absolute atomic E-state index is 0.0339. The van der Waals surface area contributed by atoms with Crippen LogP contribution in [0.2, 0.25) is 5.02 Å². The van der Waals surface area contributed by atoms with Crippen molar-refractivity contribution >= 4 is 11.6 Å². The molecule has 0 aliphatic carbocycles. The molecular weight excluding hydrogens is 208 g/mol. The third-order valence-electron chi connectivity index (χ3n) is 2.30. The van der Waals surface area contributed by atoms with Gasteiger partial charge >= 0.3 is 0 Å². The highest BCUT2D eigenvalue weighted by molar-refractivity contribution is 6.30. The molecule has 0 amide bonds. The molecule has 0 heterocycles. The van der Waals surface area contributed by atoms with Crippen molar-refractivity contribution in [3.63, 3.8) is 0 Å². The molecule has 1 aromatic rings. The lowest BCUT2D eigenvalue weighted by Gasteiger charge is -2.15. The van der Waals surface area contributed by atoms with E-state index in [1.807, 2.05) is 31.2 Å². The molecule has 0 aliphatic rings. The number of nitrogens with zero attached hydrogens (tertiary/aromatic N) is 1. The Kier molecular flexibility index (Phi) is 4.61. The third-order valence-corrected chi connectivity index (χ3v) is 2.53. The van der Waals surface area contributed by atoms with E-state index in [-0.39, 0.29) is 12.0 Å². The van der Waals surface area contributed by atoms with E-state index in [2.05, 4.69) is 18.3 Å². The van der Waals surface area contributed by atoms with Gasteiger partial charge in [0.1, 0.15) is 0 Å². The Morgan fingerprint density at radius 1 is 1.47 bits per heavy atom. The number of nitriles is 1. The smallest absolute Gasteiger partial charge is 0.0666 e. The number of hydrogen-bond donors (Lipinski definition) is 1. The summed E-state index contributed by atoms with van der Waals surface area (Å²) in [6.07, 6.45) is 0. The molecule has 0 spiro atoms. The van der Waals surface area contributed by atoms with E-state index in [0.717, 1.165) is 10.6 Å². The second-order valence-corrected chi connectivity index (χ2v) is 4.15. The summed E-state index contributed by atoms with van der Waals surface area (Å²) in [6, 6.07) is 10.2. The average Bonchev–Trinajstić information content (AvgIpc) is 2.25. The van der Waals surface area contributed by atoms with E-state index in [4.69, 9.17) is 16.9 Å². The van der Waals surface area contributed by atoms with E-state index in [0.29, 0.717) is 6.54 Å². The quantitative estimate of drug-likeness (QED) is 0.850. The Morgan fingerprint density at radius 2 is 2.20 bits per heavy atom. The molecule has 80 valence electrons. The van der Waals surface area contributed by atoms with Gasteiger partial charge in [0.15, 0.2) is 0 Å². The summed E-state index contributed by atoms with van der Waals surface area (Å²) in [7, 11) is 0. The van der Waals surface area contributed by atoms with Gasteiger partial charge in [-0.15, -0.1) is 0 Å². The largest absolute Gasteiger partial charge is 0.309 e. The van der Waals surface area contributed by atoms with Crippen molar-refractivity contribution in [3.05, 3.63) is 34.9 Å². The monoisotopic (exact) mass is 222 g/mol. The molecule has 1 unspecified atom stereocenters. The fourth-order valence-electron chi connectivity index (χ4n) is 1.29. The van der Waals surface area contributed by atoms with E-state index in [9.17, 15) is 0 Å². The van der Waals surface area contributed by atoms with E-state index >= 15 is 0 Å². The molecule has 0 aromatic heterocycles. The van der Waals surface area contributed by atoms with Crippen LogP contribution in [0, 0.1) is 17.2 Å². The van der Waals surface area contributed by atoms with E-state index in [1.165, 1.54) is 0 Å². The van der Waals surface area contributed by atoms with Crippen LogP contribution in [0.4, 0.5) is 0 Å². The molecule has 1 aromatic carbocycles. The summed E-state index contributed by atoms with van der Waals surface area (Å²) in [4.78, 5) is 0. The molecule has 3 heteroatoms. The number of rotatable bonds is 4. The standard InChI is InChI=1S/C12H15ClN2/c1-9(7-14)8-15-10(2)11-4-3-5-12(13)6-11/h3-6,9-10,15H,8H2,1-2H3/t9?,10-/m0/s1. The molecule has 1 rings (SSSR count). The zero-order valence-corrected chi connectivity index (χ0v) is 9.75. The summed E-state index contributed by atoms with van der Waals surface area (Å²) < 4.78 is 0. The van der Waals surface area contributed by atoms with Crippen LogP contribution >= 0.6 is 11.6 Å². The molecular formula is C12H15ClN2. The first-order chi connectivity index (χ1) is 7.13. The van der Waals surface area contributed by atoms with E-state index < -0.39 is 0 Å². The number of benzene rings is 1. The number of hydrogen-bond acceptors (Lipinski definition) is 2. The number of nitrogens with one attached hydrogen (secondary N) is 1. The molecule has 0 radical (unpaired) electrons. The second kappa shape index (κ2) is 5.75. The molecule has 0 saturated carbocycles. The first-order valence-corrected chi connectivity index (χ1v) is 5.39. The van der Waals surface area contributed by atoms with Crippen LogP contribution in [0.1, 0.15) is 25.5 Å². The normalized spacial score (nSPS) is 14.3. The van der Waals surface area contributed by atoms with Crippen LogP contribution in [0.25, 0.3) is 0 Å². The van der Waals surface area contributed by atoms with Gasteiger partial charge in [-0.1, -0.05) is 23.7 Å². The van der Waals surface area contributed by atoms with Crippen LogP contribution in [0.3, 0.4) is 0 Å². The number of halogens is 1. The predicted molar refractivity (Wildman–Crippen MR) is 62.6 cm³/mol. The Bertz CT molecular complexity index is 357. The fraction of sp³-hybridized carbons (Fsp3) is 0.417. The maximum absolute atomic E-state index is 8.65. The predicted octanol–water partition coefficient (Wildman–Crippen LogP) is 3.15. The van der Waals surface area contributed by atoms with Crippen LogP contribution in [0.15, 0.2) is 24.3 Å². The average molecular weight is 223 g/mol. The maximum Gasteiger partial charge on any atom is 0.0666 e. The summed E-state index contributed by atoms with van der Waals surface area (Å²) in [5.41, 5.74) is 1.15. The van der Waals surface area contributed by atoms with Gasteiger partial charge in [-0.25, -0.2) is 0 Å². The molecule has 1 N–H and O–H groups in total. The lowest BCUT2D eigenvalue weighted by atomic mass is 10.1. The van der Waals surface area contributed by atoms with Gasteiger partial charge in [0.05, 0.1) is 12.0 Å². The highest BCUT2D eigenvalue weighted by atomic mass is 35.5. The molecule has 0 saturated heterocycles. The topological polar surface area (TPSA) is 35.8 Å². The first kappa shape index (κ1) is 12.0. The Morgan fingerprint density at radius 3 is 2.80 bits per heavy atom. The van der Waals surface area contributed by atoms with Crippen molar-refractivity contribution in [3.8, 4) is 6.07 Å². The Labute approximate surface area is 95.9 Å². The molecule has 0 aliphatic heterocycles. The van der Waals surface area contributed by atoms with Crippen LogP contribution in [-0.2, 0) is 0 Å². The van der Waals surface area contributed by atoms with E-state index in [1.54, 1.807) is 0 Å². The summed E-state index contributed by atoms with van der Waals surface area (Å²) in [5.74, 6) is 0.0339. The lowest BCUT2D eigenvalue weighted by Crippen LogP contribution is -2.23. The zero-order valence-electron chi connectivity index (χ0n) is 9.00. The van der Waals surface area contributed by atoms with Gasteiger partial charge in [-0.3, -0.25) is 0 Å². The van der Waals surface area contributed by atoms with Crippen molar-refractivity contribution in [2.24, 2.45) is 5.92 Å². The van der Waals surface area contributed by atoms with Gasteiger partial charge in [0.25, 0.3) is 0 Å². The van der Waals surface area contributed by atoms with Crippen LogP contribution in [0.5, 0.6) is 0 Å². The summed E-state index contributed by atoms with van der Waals surface area (Å²) in [5, 5.41) is 12.7. The van der Waals surface area contributed by atoms with Crippen LogP contribution in [-0.4, -0.2) is 6.54 Å². The zero-order chi connectivity index (χ0) is 11.3. The molecule has 0 bridgehead atoms. The minimum Gasteiger partial charge on any atom is -0.309 e. The molecule has 2 nitrogen and oxygen atoms in total.